The molecule has 1 aliphatic rings. The Labute approximate surface area is 185 Å². The molecule has 5 nitrogen and oxygen atoms in total. The summed E-state index contributed by atoms with van der Waals surface area (Å²) in [7, 11) is -4.53. The molecule has 0 N–H and O–H groups in total. The van der Waals surface area contributed by atoms with E-state index in [1.54, 1.807) is 7.11 Å². The zero-order valence-corrected chi connectivity index (χ0v) is 18.1. The van der Waals surface area contributed by atoms with Gasteiger partial charge in [-0.25, -0.2) is 0 Å². The monoisotopic (exact) mass is 454 g/mol. The Kier molecular flexibility index (Phi) is 6.38. The number of hydrogen-bond acceptors (Lipinski definition) is 5. The molecule has 0 aliphatic carbocycles. The van der Waals surface area contributed by atoms with Crippen LogP contribution < -0.4 is 18.7 Å². The van der Waals surface area contributed by atoms with Gasteiger partial charge in [0.25, 0.3) is 0 Å². The number of allylic oxidation sites excluding steroid dienone is 3. The number of hydrogen-bond donors (Lipinski definition) is 0. The Balaban J connectivity index is 1.97. The third kappa shape index (κ3) is 4.97. The highest BCUT2D eigenvalue weighted by atomic mass is 35.7. The van der Waals surface area contributed by atoms with Gasteiger partial charge in [0.2, 0.25) is 0 Å². The van der Waals surface area contributed by atoms with Crippen LogP contribution in [0.25, 0.3) is 10.5 Å². The first kappa shape index (κ1) is 21.5. The van der Waals surface area contributed by atoms with Crippen LogP contribution in [0, 0.1) is 10.2 Å². The molecule has 0 bridgehead atoms. The first-order chi connectivity index (χ1) is 15.0. The predicted molar refractivity (Wildman–Crippen MR) is 115 cm³/mol. The normalized spacial score (nSPS) is 16.5. The first-order valence-corrected chi connectivity index (χ1v) is 11.7. The Morgan fingerprint density at radius 3 is 1.81 bits per heavy atom. The summed E-state index contributed by atoms with van der Waals surface area (Å²) < 4.78 is 45.5. The SMILES string of the molecule is COc1ccc(C2=CC=C(c3ccccc3)S(O[Cl+3]([O-])([O-])[O-])=C2c2ccccc2)cc1. The maximum atomic E-state index is 11.7. The minimum absolute atomic E-state index is 0.614. The van der Waals surface area contributed by atoms with Crippen molar-refractivity contribution in [3.05, 3.63) is 114 Å². The van der Waals surface area contributed by atoms with Crippen molar-refractivity contribution in [1.29, 1.82) is 0 Å². The lowest BCUT2D eigenvalue weighted by atomic mass is 9.97. The molecule has 0 spiro atoms. The summed E-state index contributed by atoms with van der Waals surface area (Å²) >= 11 is 0. The lowest BCUT2D eigenvalue weighted by molar-refractivity contribution is -1.91. The molecule has 0 saturated heterocycles. The molecule has 3 aromatic rings. The average Bonchev–Trinajstić information content (AvgIpc) is 2.79. The fourth-order valence-corrected chi connectivity index (χ4v) is 5.94. The molecule has 7 heteroatoms. The van der Waals surface area contributed by atoms with Gasteiger partial charge in [0.1, 0.15) is 20.3 Å². The summed E-state index contributed by atoms with van der Waals surface area (Å²) in [4.78, 5) is 1.24. The Bertz CT molecular complexity index is 1150. The summed E-state index contributed by atoms with van der Waals surface area (Å²) in [5, 5.41) is 0. The summed E-state index contributed by atoms with van der Waals surface area (Å²) in [6.45, 7) is 0. The van der Waals surface area contributed by atoms with Gasteiger partial charge in [-0.3, -0.25) is 0 Å². The van der Waals surface area contributed by atoms with Crippen molar-refractivity contribution in [3.8, 4) is 5.75 Å². The fourth-order valence-electron chi connectivity index (χ4n) is 3.30. The van der Waals surface area contributed by atoms with Crippen molar-refractivity contribution < 1.29 is 32.7 Å². The summed E-state index contributed by atoms with van der Waals surface area (Å²) in [6, 6.07) is 26.1. The molecular weight excluding hydrogens is 436 g/mol. The molecule has 1 aliphatic heterocycles. The van der Waals surface area contributed by atoms with Gasteiger partial charge in [-0.05, 0) is 40.5 Å². The zero-order valence-electron chi connectivity index (χ0n) is 16.6. The molecule has 1 atom stereocenters. The van der Waals surface area contributed by atoms with Crippen LogP contribution in [0.5, 0.6) is 5.75 Å². The third-order valence-electron chi connectivity index (χ3n) is 4.67. The average molecular weight is 455 g/mol. The minimum Gasteiger partial charge on any atom is -0.497 e. The number of methoxy groups -OCH3 is 1. The Morgan fingerprint density at radius 1 is 0.677 bits per heavy atom. The number of rotatable bonds is 6. The molecule has 1 heterocycles. The van der Waals surface area contributed by atoms with Crippen LogP contribution >= 0.6 is 10.8 Å². The Hall–Kier alpha value is -2.71. The quantitative estimate of drug-likeness (QED) is 0.534. The van der Waals surface area contributed by atoms with Crippen molar-refractivity contribution in [2.45, 2.75) is 0 Å². The third-order valence-corrected chi connectivity index (χ3v) is 7.39. The molecule has 31 heavy (non-hydrogen) atoms. The van der Waals surface area contributed by atoms with Crippen molar-refractivity contribution in [3.63, 3.8) is 0 Å². The van der Waals surface area contributed by atoms with Crippen molar-refractivity contribution in [2.24, 2.45) is 0 Å². The maximum Gasteiger partial charge on any atom is 0.148 e. The largest absolute Gasteiger partial charge is 0.497 e. The zero-order chi connectivity index (χ0) is 21.8. The van der Waals surface area contributed by atoms with Crippen LogP contribution in [0.4, 0.5) is 0 Å². The van der Waals surface area contributed by atoms with Gasteiger partial charge >= 0.3 is 0 Å². The molecule has 158 valence electrons. The molecule has 0 fully saturated rings. The van der Waals surface area contributed by atoms with E-state index in [1.165, 1.54) is 0 Å². The standard InChI is InChI=1S/C24H19ClO5S/c1-29-21-14-12-18(13-15-21)22-16-17-23(19-8-4-2-5-9-19)31(30-25(26,27)28)24(22)20-10-6-3-7-11-20/h2-17H,1H3. The maximum absolute atomic E-state index is 11.7. The van der Waals surface area contributed by atoms with Crippen LogP contribution in [-0.4, -0.2) is 12.0 Å². The van der Waals surface area contributed by atoms with Crippen LogP contribution in [0.15, 0.2) is 97.1 Å². The van der Waals surface area contributed by atoms with E-state index < -0.39 is 21.0 Å². The molecule has 0 aromatic heterocycles. The molecule has 4 rings (SSSR count). The smallest absolute Gasteiger partial charge is 0.148 e. The topological polar surface area (TPSA) is 87.6 Å². The number of ether oxygens (including phenoxy) is 1. The lowest BCUT2D eigenvalue weighted by Crippen LogP contribution is -2.60. The van der Waals surface area contributed by atoms with Crippen LogP contribution in [0.3, 0.4) is 0 Å². The van der Waals surface area contributed by atoms with Gasteiger partial charge in [-0.15, -0.1) is 0 Å². The van der Waals surface area contributed by atoms with Gasteiger partial charge in [0.05, 0.1) is 27.1 Å². The second kappa shape index (κ2) is 9.20. The highest BCUT2D eigenvalue weighted by Gasteiger charge is 2.33. The summed E-state index contributed by atoms with van der Waals surface area (Å²) in [6.07, 6.45) is 3.73. The van der Waals surface area contributed by atoms with Gasteiger partial charge in [0, 0.05) is 0 Å². The molecule has 1 unspecified atom stereocenters. The van der Waals surface area contributed by atoms with E-state index in [2.05, 4.69) is 0 Å². The van der Waals surface area contributed by atoms with Gasteiger partial charge in [-0.1, -0.05) is 78.9 Å². The van der Waals surface area contributed by atoms with Crippen LogP contribution in [-0.2, 0) is 3.74 Å². The van der Waals surface area contributed by atoms with Crippen molar-refractivity contribution in [1.82, 2.24) is 0 Å². The highest BCUT2D eigenvalue weighted by molar-refractivity contribution is 8.20. The van der Waals surface area contributed by atoms with Crippen molar-refractivity contribution in [2.75, 3.05) is 7.11 Å². The molecule has 0 saturated carbocycles. The van der Waals surface area contributed by atoms with Gasteiger partial charge in [-0.2, -0.15) is 14.0 Å². The lowest BCUT2D eigenvalue weighted by Gasteiger charge is -2.23. The molecule has 0 radical (unpaired) electrons. The number of halogens is 1. The molecule has 0 amide bonds. The highest BCUT2D eigenvalue weighted by Crippen LogP contribution is 2.45. The van der Waals surface area contributed by atoms with E-state index in [9.17, 15) is 14.0 Å². The Morgan fingerprint density at radius 2 is 1.26 bits per heavy atom. The first-order valence-electron chi connectivity index (χ1n) is 9.36. The predicted octanol–water partition coefficient (Wildman–Crippen LogP) is 2.45. The van der Waals surface area contributed by atoms with Gasteiger partial charge < -0.3 is 4.74 Å². The van der Waals surface area contributed by atoms with Crippen LogP contribution in [0.1, 0.15) is 16.7 Å². The van der Waals surface area contributed by atoms with E-state index in [0.29, 0.717) is 15.5 Å². The summed E-state index contributed by atoms with van der Waals surface area (Å²) in [5.74, 6) is 0.706. The molecule has 3 aromatic carbocycles. The second-order valence-electron chi connectivity index (χ2n) is 6.61. The van der Waals surface area contributed by atoms with E-state index >= 15 is 0 Å². The van der Waals surface area contributed by atoms with Crippen LogP contribution in [0.2, 0.25) is 0 Å². The van der Waals surface area contributed by atoms with E-state index in [4.69, 9.17) is 8.47 Å². The fraction of sp³-hybridized carbons (Fsp3) is 0.0417. The number of benzene rings is 3. The summed E-state index contributed by atoms with van der Waals surface area (Å²) in [5.41, 5.74) is 3.18. The van der Waals surface area contributed by atoms with E-state index in [-0.39, 0.29) is 0 Å². The molecular formula is C24H19ClO5S. The second-order valence-corrected chi connectivity index (χ2v) is 9.26. The van der Waals surface area contributed by atoms with E-state index in [1.807, 2.05) is 97.1 Å². The van der Waals surface area contributed by atoms with Crippen molar-refractivity contribution >= 4 is 26.1 Å². The van der Waals surface area contributed by atoms with Gasteiger partial charge in [0.15, 0.2) is 0 Å². The minimum atomic E-state index is -4.66. The van der Waals surface area contributed by atoms with E-state index in [0.717, 1.165) is 22.3 Å².